The van der Waals surface area contributed by atoms with E-state index in [0.717, 1.165) is 24.3 Å². The van der Waals surface area contributed by atoms with Crippen LogP contribution >= 0.6 is 0 Å². The fourth-order valence-corrected chi connectivity index (χ4v) is 3.12. The third-order valence-electron chi connectivity index (χ3n) is 3.55. The molecule has 0 radical (unpaired) electrons. The number of rotatable bonds is 8. The molecule has 0 saturated carbocycles. The first-order valence-corrected chi connectivity index (χ1v) is 10.1. The summed E-state index contributed by atoms with van der Waals surface area (Å²) in [6, 6.07) is 4.24. The second-order valence-corrected chi connectivity index (χ2v) is 7.62. The number of nitro benzene ring substituents is 1. The molecule has 0 bridgehead atoms. The molecule has 0 amide bonds. The van der Waals surface area contributed by atoms with Gasteiger partial charge in [0.1, 0.15) is 30.2 Å². The van der Waals surface area contributed by atoms with Gasteiger partial charge in [-0.2, -0.15) is 0 Å². The van der Waals surface area contributed by atoms with Crippen LogP contribution in [0.4, 0.5) is 5.69 Å². The Morgan fingerprint density at radius 2 is 1.55 bits per heavy atom. The summed E-state index contributed by atoms with van der Waals surface area (Å²) in [5, 5.41) is 30.8. The molecule has 1 aromatic rings. The number of aliphatic hydroxyl groups excluding tert-OH is 2. The van der Waals surface area contributed by atoms with Crippen molar-refractivity contribution in [3.8, 4) is 5.75 Å². The van der Waals surface area contributed by atoms with Crippen LogP contribution in [0.2, 0.25) is 0 Å². The minimum Gasteiger partial charge on any atom is -0.726 e. The van der Waals surface area contributed by atoms with E-state index in [1.54, 1.807) is 0 Å². The van der Waals surface area contributed by atoms with Gasteiger partial charge in [-0.15, -0.1) is 0 Å². The smallest absolute Gasteiger partial charge is 0.726 e. The Morgan fingerprint density at radius 1 is 1.00 bits per heavy atom. The molecule has 164 valence electrons. The molecule has 31 heavy (non-hydrogen) atoms. The minimum absolute atomic E-state index is 0. The van der Waals surface area contributed by atoms with Crippen molar-refractivity contribution in [1.82, 2.24) is 0 Å². The Bertz CT molecular complexity index is 941. The molecule has 15 nitrogen and oxygen atoms in total. The van der Waals surface area contributed by atoms with Gasteiger partial charge in [-0.05, 0) is 12.1 Å². The fraction of sp³-hybridized carbons (Fsp3) is 0.500. The maximum atomic E-state index is 10.9. The van der Waals surface area contributed by atoms with E-state index >= 15 is 0 Å². The predicted molar refractivity (Wildman–Crippen MR) is 84.6 cm³/mol. The Kier molecular flexibility index (Phi) is 12.5. The van der Waals surface area contributed by atoms with Crippen LogP contribution in [0.3, 0.4) is 0 Å². The van der Waals surface area contributed by atoms with Crippen molar-refractivity contribution in [2.24, 2.45) is 0 Å². The number of nitrogens with zero attached hydrogens (tertiary/aromatic N) is 1. The third kappa shape index (κ3) is 9.82. The molecule has 2 N–H and O–H groups in total. The van der Waals surface area contributed by atoms with E-state index in [1.807, 2.05) is 0 Å². The molecule has 0 unspecified atom stereocenters. The zero-order valence-electron chi connectivity index (χ0n) is 16.0. The van der Waals surface area contributed by atoms with E-state index in [4.69, 9.17) is 9.47 Å². The quantitative estimate of drug-likeness (QED) is 0.110. The maximum Gasteiger partial charge on any atom is 1.00 e. The molecule has 1 aliphatic heterocycles. The Morgan fingerprint density at radius 3 is 2.00 bits per heavy atom. The zero-order valence-corrected chi connectivity index (χ0v) is 21.6. The summed E-state index contributed by atoms with van der Waals surface area (Å²) in [6.45, 7) is -1.13. The van der Waals surface area contributed by atoms with Crippen LogP contribution in [0.15, 0.2) is 24.3 Å². The topological polar surface area (TPSA) is 235 Å². The molecule has 0 spiro atoms. The van der Waals surface area contributed by atoms with E-state index in [-0.39, 0.29) is 70.6 Å². The number of nitro groups is 1. The standard InChI is InChI=1S/C12H15NO14S2.2Na/c14-9-8(5-24-28(18,19)20)26-12(10(15)11(9)27-29(21,22)23)25-7-3-1-6(2-4-7)13(16)17;;/h1-4,8-12,14-15H,5H2,(H,18,19,20)(H,21,22,23);;/q;2*+1/p-2/t8-,9+,10-,11+,12-;;/m1../s1. The summed E-state index contributed by atoms with van der Waals surface area (Å²) in [4.78, 5) is 9.94. The van der Waals surface area contributed by atoms with Gasteiger partial charge in [-0.1, -0.05) is 0 Å². The van der Waals surface area contributed by atoms with Gasteiger partial charge in [0.2, 0.25) is 27.1 Å². The van der Waals surface area contributed by atoms with E-state index in [9.17, 15) is 46.3 Å². The average molecular weight is 505 g/mol. The molecule has 1 heterocycles. The van der Waals surface area contributed by atoms with Gasteiger partial charge in [0.15, 0.2) is 0 Å². The molecule has 0 aliphatic carbocycles. The number of hydrogen-bond acceptors (Lipinski definition) is 14. The van der Waals surface area contributed by atoms with E-state index in [1.165, 1.54) is 0 Å². The van der Waals surface area contributed by atoms with E-state index < -0.39 is 63.0 Å². The van der Waals surface area contributed by atoms with Gasteiger partial charge in [-0.25, -0.2) is 16.8 Å². The molecule has 1 aliphatic rings. The fourth-order valence-electron chi connectivity index (χ4n) is 2.32. The molecule has 0 aromatic heterocycles. The van der Waals surface area contributed by atoms with Gasteiger partial charge < -0.3 is 28.8 Å². The van der Waals surface area contributed by atoms with Crippen molar-refractivity contribution in [3.05, 3.63) is 34.4 Å². The average Bonchev–Trinajstić information content (AvgIpc) is 2.59. The van der Waals surface area contributed by atoms with Gasteiger partial charge in [0.05, 0.1) is 11.5 Å². The zero-order chi connectivity index (χ0) is 22.0. The van der Waals surface area contributed by atoms with Crippen LogP contribution in [0, 0.1) is 10.1 Å². The van der Waals surface area contributed by atoms with Gasteiger partial charge in [-0.3, -0.25) is 18.5 Å². The van der Waals surface area contributed by atoms with Crippen molar-refractivity contribution >= 4 is 26.5 Å². The largest absolute Gasteiger partial charge is 1.00 e. The van der Waals surface area contributed by atoms with E-state index in [2.05, 4.69) is 8.37 Å². The van der Waals surface area contributed by atoms with Crippen molar-refractivity contribution in [3.63, 3.8) is 0 Å². The number of non-ortho nitro benzene ring substituents is 1. The molecule has 1 saturated heterocycles. The number of aliphatic hydroxyl groups is 2. The summed E-state index contributed by atoms with van der Waals surface area (Å²) >= 11 is 0. The van der Waals surface area contributed by atoms with E-state index in [0.29, 0.717) is 0 Å². The summed E-state index contributed by atoms with van der Waals surface area (Å²) in [7, 11) is -10.7. The van der Waals surface area contributed by atoms with Crippen LogP contribution < -0.4 is 63.9 Å². The summed E-state index contributed by atoms with van der Waals surface area (Å²) in [5.41, 5.74) is -0.302. The van der Waals surface area contributed by atoms with Crippen LogP contribution in [0.25, 0.3) is 0 Å². The van der Waals surface area contributed by atoms with Crippen LogP contribution in [-0.2, 0) is 33.9 Å². The first-order valence-electron chi connectivity index (χ1n) is 7.44. The number of ether oxygens (including phenoxy) is 2. The second-order valence-electron chi connectivity index (χ2n) is 5.55. The predicted octanol–water partition coefficient (Wildman–Crippen LogP) is -8.25. The van der Waals surface area contributed by atoms with Crippen LogP contribution in [0.1, 0.15) is 0 Å². The number of benzene rings is 1. The molecule has 2 rings (SSSR count). The van der Waals surface area contributed by atoms with Crippen molar-refractivity contribution in [2.45, 2.75) is 30.7 Å². The first-order chi connectivity index (χ1) is 13.3. The van der Waals surface area contributed by atoms with Crippen molar-refractivity contribution < 1.29 is 118 Å². The summed E-state index contributed by atoms with van der Waals surface area (Å²) < 4.78 is 82.6. The SMILES string of the molecule is O=[N+]([O-])c1ccc(O[C@@H]2O[C@H](COS(=O)(=O)[O-])[C@H](O)[C@H](OS(=O)(=O)[O-])[C@H]2O)cc1.[Na+].[Na+]. The molecule has 5 atom stereocenters. The molecular formula is C12H13NNa2O14S2. The van der Waals surface area contributed by atoms with Gasteiger partial charge in [0.25, 0.3) is 5.69 Å². The van der Waals surface area contributed by atoms with Crippen molar-refractivity contribution in [1.29, 1.82) is 0 Å². The van der Waals surface area contributed by atoms with Gasteiger partial charge in [0, 0.05) is 12.1 Å². The molecule has 1 fully saturated rings. The monoisotopic (exact) mass is 505 g/mol. The van der Waals surface area contributed by atoms with Gasteiger partial charge >= 0.3 is 59.1 Å². The first kappa shape index (κ1) is 31.0. The summed E-state index contributed by atoms with van der Waals surface area (Å²) in [5.74, 6) is -0.129. The molecular weight excluding hydrogens is 492 g/mol. The molecule has 19 heteroatoms. The Balaban J connectivity index is 0.00000450. The van der Waals surface area contributed by atoms with Crippen LogP contribution in [-0.4, -0.2) is 78.4 Å². The number of hydrogen-bond donors (Lipinski definition) is 2. The second kappa shape index (κ2) is 12.5. The Hall–Kier alpha value is 0.0400. The minimum atomic E-state index is -5.44. The normalized spacial score (nSPS) is 26.3. The van der Waals surface area contributed by atoms with Crippen molar-refractivity contribution in [2.75, 3.05) is 6.61 Å². The summed E-state index contributed by atoms with van der Waals surface area (Å²) in [6.07, 6.45) is -10.0. The Labute approximate surface area is 220 Å². The third-order valence-corrected chi connectivity index (χ3v) is 4.43. The molecule has 1 aromatic carbocycles. The van der Waals surface area contributed by atoms with Crippen LogP contribution in [0.5, 0.6) is 5.75 Å². The maximum absolute atomic E-state index is 10.9.